The fourth-order valence-electron chi connectivity index (χ4n) is 2.23. The smallest absolute Gasteiger partial charge is 0.119 e. The van der Waals surface area contributed by atoms with E-state index in [0.717, 1.165) is 28.3 Å². The van der Waals surface area contributed by atoms with Crippen LogP contribution < -0.4 is 4.74 Å². The van der Waals surface area contributed by atoms with Gasteiger partial charge >= 0.3 is 0 Å². The number of benzene rings is 1. The van der Waals surface area contributed by atoms with E-state index in [1.807, 2.05) is 45.0 Å². The Morgan fingerprint density at radius 1 is 1.11 bits per heavy atom. The summed E-state index contributed by atoms with van der Waals surface area (Å²) in [6.45, 7) is 8.73. The molecule has 0 saturated heterocycles. The number of ether oxygens (including phenoxy) is 1. The standard InChI is InChI=1S/C16H21NO2/c1-5-19-14-8-6-13(7-9-14)16(18)15-11(3)10(2)12(4)17-15/h6-9,16-18H,5H2,1-4H3. The number of aliphatic hydroxyl groups excluding tert-OH is 1. The summed E-state index contributed by atoms with van der Waals surface area (Å²) in [6, 6.07) is 7.58. The maximum absolute atomic E-state index is 10.5. The lowest BCUT2D eigenvalue weighted by atomic mass is 10.0. The summed E-state index contributed by atoms with van der Waals surface area (Å²) in [4.78, 5) is 3.27. The van der Waals surface area contributed by atoms with Crippen LogP contribution in [0, 0.1) is 20.8 Å². The summed E-state index contributed by atoms with van der Waals surface area (Å²) in [5, 5.41) is 10.5. The number of hydrogen-bond donors (Lipinski definition) is 2. The molecule has 0 aliphatic rings. The molecule has 1 aromatic carbocycles. The summed E-state index contributed by atoms with van der Waals surface area (Å²) < 4.78 is 5.40. The van der Waals surface area contributed by atoms with E-state index in [-0.39, 0.29) is 0 Å². The Bertz CT molecular complexity index is 555. The van der Waals surface area contributed by atoms with Gasteiger partial charge in [0.05, 0.1) is 12.3 Å². The molecule has 0 radical (unpaired) electrons. The van der Waals surface area contributed by atoms with Crippen molar-refractivity contribution in [1.29, 1.82) is 0 Å². The molecule has 1 heterocycles. The topological polar surface area (TPSA) is 45.2 Å². The zero-order valence-corrected chi connectivity index (χ0v) is 11.9. The van der Waals surface area contributed by atoms with E-state index >= 15 is 0 Å². The predicted molar refractivity (Wildman–Crippen MR) is 76.7 cm³/mol. The van der Waals surface area contributed by atoms with E-state index in [9.17, 15) is 5.11 Å². The second-order valence-electron chi connectivity index (χ2n) is 4.82. The molecule has 0 amide bonds. The highest BCUT2D eigenvalue weighted by Crippen LogP contribution is 2.28. The number of aromatic nitrogens is 1. The Hall–Kier alpha value is -1.74. The molecular formula is C16H21NO2. The third-order valence-corrected chi connectivity index (χ3v) is 3.63. The van der Waals surface area contributed by atoms with Gasteiger partial charge < -0.3 is 14.8 Å². The van der Waals surface area contributed by atoms with Gasteiger partial charge in [0.15, 0.2) is 0 Å². The molecule has 102 valence electrons. The number of H-pyrrole nitrogens is 1. The zero-order chi connectivity index (χ0) is 14.0. The molecule has 19 heavy (non-hydrogen) atoms. The SMILES string of the molecule is CCOc1ccc(C(O)c2[nH]c(C)c(C)c2C)cc1. The number of aliphatic hydroxyl groups is 1. The molecule has 3 nitrogen and oxygen atoms in total. The Morgan fingerprint density at radius 3 is 2.21 bits per heavy atom. The van der Waals surface area contributed by atoms with Crippen molar-refractivity contribution in [2.24, 2.45) is 0 Å². The molecule has 2 aromatic rings. The molecule has 1 atom stereocenters. The van der Waals surface area contributed by atoms with Crippen LogP contribution in [0.1, 0.15) is 41.1 Å². The highest BCUT2D eigenvalue weighted by molar-refractivity contribution is 5.40. The van der Waals surface area contributed by atoms with E-state index in [1.165, 1.54) is 5.56 Å². The molecule has 2 N–H and O–H groups in total. The largest absolute Gasteiger partial charge is 0.494 e. The van der Waals surface area contributed by atoms with Gasteiger partial charge in [0.2, 0.25) is 0 Å². The lowest BCUT2D eigenvalue weighted by Crippen LogP contribution is -2.02. The average Bonchev–Trinajstić information content (AvgIpc) is 2.67. The van der Waals surface area contributed by atoms with Gasteiger partial charge in [-0.25, -0.2) is 0 Å². The lowest BCUT2D eigenvalue weighted by molar-refractivity contribution is 0.215. The van der Waals surface area contributed by atoms with Crippen molar-refractivity contribution >= 4 is 0 Å². The molecular weight excluding hydrogens is 238 g/mol. The third-order valence-electron chi connectivity index (χ3n) is 3.63. The minimum Gasteiger partial charge on any atom is -0.494 e. The van der Waals surface area contributed by atoms with E-state index < -0.39 is 6.10 Å². The fraction of sp³-hybridized carbons (Fsp3) is 0.375. The number of nitrogens with one attached hydrogen (secondary N) is 1. The van der Waals surface area contributed by atoms with Crippen molar-refractivity contribution in [3.8, 4) is 5.75 Å². The minimum atomic E-state index is -0.622. The summed E-state index contributed by atoms with van der Waals surface area (Å²) >= 11 is 0. The quantitative estimate of drug-likeness (QED) is 0.883. The van der Waals surface area contributed by atoms with Crippen LogP contribution in [-0.4, -0.2) is 16.7 Å². The minimum absolute atomic E-state index is 0.622. The van der Waals surface area contributed by atoms with Crippen LogP contribution in [0.25, 0.3) is 0 Å². The molecule has 0 aliphatic carbocycles. The number of hydrogen-bond acceptors (Lipinski definition) is 2. The zero-order valence-electron chi connectivity index (χ0n) is 11.9. The molecule has 2 rings (SSSR count). The average molecular weight is 259 g/mol. The third kappa shape index (κ3) is 2.66. The van der Waals surface area contributed by atoms with E-state index in [1.54, 1.807) is 0 Å². The Kier molecular flexibility index (Phi) is 3.96. The number of aryl methyl sites for hydroxylation is 1. The number of rotatable bonds is 4. The van der Waals surface area contributed by atoms with E-state index in [2.05, 4.69) is 11.9 Å². The first-order valence-electron chi connectivity index (χ1n) is 6.61. The summed E-state index contributed by atoms with van der Waals surface area (Å²) in [6.07, 6.45) is -0.622. The molecule has 0 spiro atoms. The molecule has 1 aromatic heterocycles. The highest BCUT2D eigenvalue weighted by Gasteiger charge is 2.17. The molecule has 0 aliphatic heterocycles. The van der Waals surface area contributed by atoms with Crippen LogP contribution in [-0.2, 0) is 0 Å². The first kappa shape index (κ1) is 13.7. The van der Waals surface area contributed by atoms with Crippen LogP contribution >= 0.6 is 0 Å². The highest BCUT2D eigenvalue weighted by atomic mass is 16.5. The van der Waals surface area contributed by atoms with Crippen molar-refractivity contribution in [2.75, 3.05) is 6.61 Å². The van der Waals surface area contributed by atoms with Gasteiger partial charge in [-0.15, -0.1) is 0 Å². The van der Waals surface area contributed by atoms with Crippen molar-refractivity contribution < 1.29 is 9.84 Å². The molecule has 0 saturated carbocycles. The maximum Gasteiger partial charge on any atom is 0.119 e. The van der Waals surface area contributed by atoms with Gasteiger partial charge in [0, 0.05) is 5.69 Å². The van der Waals surface area contributed by atoms with Crippen LogP contribution in [0.15, 0.2) is 24.3 Å². The second-order valence-corrected chi connectivity index (χ2v) is 4.82. The second kappa shape index (κ2) is 5.49. The van der Waals surface area contributed by atoms with E-state index in [4.69, 9.17) is 4.74 Å². The van der Waals surface area contributed by atoms with Crippen molar-refractivity contribution in [3.05, 3.63) is 52.3 Å². The normalized spacial score (nSPS) is 12.5. The molecule has 1 unspecified atom stereocenters. The monoisotopic (exact) mass is 259 g/mol. The lowest BCUT2D eigenvalue weighted by Gasteiger charge is -2.12. The Balaban J connectivity index is 2.28. The predicted octanol–water partition coefficient (Wildman–Crippen LogP) is 3.42. The Morgan fingerprint density at radius 2 is 1.74 bits per heavy atom. The first-order valence-corrected chi connectivity index (χ1v) is 6.61. The van der Waals surface area contributed by atoms with Crippen molar-refractivity contribution in [2.45, 2.75) is 33.8 Å². The fourth-order valence-corrected chi connectivity index (χ4v) is 2.23. The van der Waals surface area contributed by atoms with Gasteiger partial charge in [-0.05, 0) is 56.5 Å². The van der Waals surface area contributed by atoms with Crippen LogP contribution in [0.3, 0.4) is 0 Å². The number of aromatic amines is 1. The summed E-state index contributed by atoms with van der Waals surface area (Å²) in [5.41, 5.74) is 5.18. The van der Waals surface area contributed by atoms with Gasteiger partial charge in [-0.1, -0.05) is 12.1 Å². The van der Waals surface area contributed by atoms with Gasteiger partial charge in [0.1, 0.15) is 11.9 Å². The summed E-state index contributed by atoms with van der Waals surface area (Å²) in [7, 11) is 0. The van der Waals surface area contributed by atoms with Crippen molar-refractivity contribution in [1.82, 2.24) is 4.98 Å². The molecule has 0 bridgehead atoms. The first-order chi connectivity index (χ1) is 9.04. The van der Waals surface area contributed by atoms with Crippen molar-refractivity contribution in [3.63, 3.8) is 0 Å². The maximum atomic E-state index is 10.5. The van der Waals surface area contributed by atoms with Gasteiger partial charge in [0.25, 0.3) is 0 Å². The molecule has 0 fully saturated rings. The molecule has 3 heteroatoms. The van der Waals surface area contributed by atoms with Crippen LogP contribution in [0.5, 0.6) is 5.75 Å². The van der Waals surface area contributed by atoms with Crippen LogP contribution in [0.2, 0.25) is 0 Å². The Labute approximate surface area is 114 Å². The van der Waals surface area contributed by atoms with E-state index in [0.29, 0.717) is 6.61 Å². The summed E-state index contributed by atoms with van der Waals surface area (Å²) in [5.74, 6) is 0.828. The van der Waals surface area contributed by atoms with Gasteiger partial charge in [-0.3, -0.25) is 0 Å². The van der Waals surface area contributed by atoms with Crippen LogP contribution in [0.4, 0.5) is 0 Å². The van der Waals surface area contributed by atoms with Gasteiger partial charge in [-0.2, -0.15) is 0 Å².